The number of ether oxygens (including phenoxy) is 1. The van der Waals surface area contributed by atoms with Gasteiger partial charge in [-0.1, -0.05) is 6.07 Å². The number of benzene rings is 1. The van der Waals surface area contributed by atoms with Gasteiger partial charge in [0, 0.05) is 18.0 Å². The Morgan fingerprint density at radius 3 is 3.00 bits per heavy atom. The third-order valence-corrected chi connectivity index (χ3v) is 3.11. The van der Waals surface area contributed by atoms with Crippen LogP contribution in [0, 0.1) is 6.92 Å². The number of hydrogen-bond acceptors (Lipinski definition) is 3. The lowest BCUT2D eigenvalue weighted by molar-refractivity contribution is -0.129. The highest BCUT2D eigenvalue weighted by atomic mass is 16.5. The Labute approximate surface area is 101 Å². The molecule has 1 amide bonds. The van der Waals surface area contributed by atoms with Crippen LogP contribution in [0.5, 0.6) is 0 Å². The minimum absolute atomic E-state index is 0.0709. The number of hydrogen-bond donors (Lipinski definition) is 2. The van der Waals surface area contributed by atoms with E-state index in [2.05, 4.69) is 5.32 Å². The Balaban J connectivity index is 2.04. The number of amides is 1. The summed E-state index contributed by atoms with van der Waals surface area (Å²) < 4.78 is 5.44. The van der Waals surface area contributed by atoms with Crippen LogP contribution in [0.1, 0.15) is 24.8 Å². The van der Waals surface area contributed by atoms with Gasteiger partial charge in [-0.25, -0.2) is 0 Å². The zero-order valence-corrected chi connectivity index (χ0v) is 10.0. The van der Waals surface area contributed by atoms with Crippen molar-refractivity contribution in [3.8, 4) is 0 Å². The molecule has 1 heterocycles. The fraction of sp³-hybridized carbons (Fsp3) is 0.462. The van der Waals surface area contributed by atoms with Crippen LogP contribution in [0.4, 0.5) is 11.4 Å². The Hall–Kier alpha value is -1.55. The SMILES string of the molecule is Cc1c(N)cccc1NC(=O)C1CCCCO1. The first-order chi connectivity index (χ1) is 8.18. The molecular weight excluding hydrogens is 216 g/mol. The molecule has 4 heteroatoms. The number of carbonyl (C=O) groups excluding carboxylic acids is 1. The molecule has 0 bridgehead atoms. The minimum Gasteiger partial charge on any atom is -0.398 e. The Bertz CT molecular complexity index is 412. The van der Waals surface area contributed by atoms with Crippen molar-refractivity contribution in [2.24, 2.45) is 0 Å². The standard InChI is InChI=1S/C13H18N2O2/c1-9-10(14)5-4-6-11(9)15-13(16)12-7-2-3-8-17-12/h4-6,12H,2-3,7-8,14H2,1H3,(H,15,16). The summed E-state index contributed by atoms with van der Waals surface area (Å²) in [6.07, 6.45) is 2.58. The lowest BCUT2D eigenvalue weighted by Gasteiger charge is -2.22. The van der Waals surface area contributed by atoms with E-state index in [0.29, 0.717) is 12.3 Å². The second kappa shape index (κ2) is 5.19. The third-order valence-electron chi connectivity index (χ3n) is 3.11. The number of carbonyl (C=O) groups is 1. The molecule has 1 aromatic rings. The highest BCUT2D eigenvalue weighted by molar-refractivity contribution is 5.95. The fourth-order valence-corrected chi connectivity index (χ4v) is 1.95. The van der Waals surface area contributed by atoms with Crippen molar-refractivity contribution in [2.45, 2.75) is 32.3 Å². The van der Waals surface area contributed by atoms with Gasteiger partial charge in [0.25, 0.3) is 5.91 Å². The molecule has 0 aliphatic carbocycles. The van der Waals surface area contributed by atoms with E-state index in [1.165, 1.54) is 0 Å². The predicted octanol–water partition coefficient (Wildman–Crippen LogP) is 2.08. The van der Waals surface area contributed by atoms with E-state index < -0.39 is 0 Å². The average Bonchev–Trinajstić information content (AvgIpc) is 2.36. The third kappa shape index (κ3) is 2.77. The molecular formula is C13H18N2O2. The number of nitrogens with two attached hydrogens (primary N) is 1. The van der Waals surface area contributed by atoms with Gasteiger partial charge in [0.2, 0.25) is 0 Å². The summed E-state index contributed by atoms with van der Waals surface area (Å²) in [4.78, 5) is 12.0. The van der Waals surface area contributed by atoms with E-state index in [-0.39, 0.29) is 12.0 Å². The van der Waals surface area contributed by atoms with Gasteiger partial charge in [-0.15, -0.1) is 0 Å². The van der Waals surface area contributed by atoms with Crippen molar-refractivity contribution in [3.05, 3.63) is 23.8 Å². The van der Waals surface area contributed by atoms with Crippen molar-refractivity contribution in [1.29, 1.82) is 0 Å². The van der Waals surface area contributed by atoms with Crippen molar-refractivity contribution in [2.75, 3.05) is 17.7 Å². The molecule has 0 spiro atoms. The van der Waals surface area contributed by atoms with E-state index in [0.717, 1.165) is 30.5 Å². The second-order valence-electron chi connectivity index (χ2n) is 4.36. The van der Waals surface area contributed by atoms with Gasteiger partial charge in [-0.3, -0.25) is 4.79 Å². The van der Waals surface area contributed by atoms with Crippen molar-refractivity contribution >= 4 is 17.3 Å². The predicted molar refractivity (Wildman–Crippen MR) is 67.8 cm³/mol. The average molecular weight is 234 g/mol. The van der Waals surface area contributed by atoms with Crippen molar-refractivity contribution in [3.63, 3.8) is 0 Å². The zero-order valence-electron chi connectivity index (χ0n) is 10.0. The first kappa shape index (κ1) is 11.9. The van der Waals surface area contributed by atoms with Crippen LogP contribution in [-0.2, 0) is 9.53 Å². The van der Waals surface area contributed by atoms with E-state index in [4.69, 9.17) is 10.5 Å². The fourth-order valence-electron chi connectivity index (χ4n) is 1.95. The topological polar surface area (TPSA) is 64.3 Å². The maximum atomic E-state index is 12.0. The van der Waals surface area contributed by atoms with Gasteiger partial charge >= 0.3 is 0 Å². The van der Waals surface area contributed by atoms with Crippen LogP contribution in [0.25, 0.3) is 0 Å². The number of rotatable bonds is 2. The van der Waals surface area contributed by atoms with Crippen molar-refractivity contribution in [1.82, 2.24) is 0 Å². The first-order valence-electron chi connectivity index (χ1n) is 5.96. The smallest absolute Gasteiger partial charge is 0.253 e. The summed E-state index contributed by atoms with van der Waals surface area (Å²) >= 11 is 0. The van der Waals surface area contributed by atoms with Crippen LogP contribution in [0.2, 0.25) is 0 Å². The van der Waals surface area contributed by atoms with Gasteiger partial charge < -0.3 is 15.8 Å². The molecule has 0 aromatic heterocycles. The maximum Gasteiger partial charge on any atom is 0.253 e. The summed E-state index contributed by atoms with van der Waals surface area (Å²) in [5.41, 5.74) is 8.15. The van der Waals surface area contributed by atoms with Crippen LogP contribution in [-0.4, -0.2) is 18.6 Å². The molecule has 17 heavy (non-hydrogen) atoms. The summed E-state index contributed by atoms with van der Waals surface area (Å²) in [5, 5.41) is 2.88. The molecule has 2 rings (SSSR count). The van der Waals surface area contributed by atoms with Crippen LogP contribution in [0.3, 0.4) is 0 Å². The number of anilines is 2. The summed E-state index contributed by atoms with van der Waals surface area (Å²) in [6.45, 7) is 2.57. The van der Waals surface area contributed by atoms with Gasteiger partial charge in [0.05, 0.1) is 0 Å². The second-order valence-corrected chi connectivity index (χ2v) is 4.36. The summed E-state index contributed by atoms with van der Waals surface area (Å²) in [5.74, 6) is -0.0709. The lowest BCUT2D eigenvalue weighted by Crippen LogP contribution is -2.33. The molecule has 92 valence electrons. The molecule has 1 aliphatic rings. The molecule has 4 nitrogen and oxygen atoms in total. The van der Waals surface area contributed by atoms with Gasteiger partial charge in [0.15, 0.2) is 0 Å². The molecule has 1 fully saturated rings. The maximum absolute atomic E-state index is 12.0. The first-order valence-corrected chi connectivity index (χ1v) is 5.96. The van der Waals surface area contributed by atoms with Gasteiger partial charge in [0.1, 0.15) is 6.10 Å². The van der Waals surface area contributed by atoms with Crippen LogP contribution < -0.4 is 11.1 Å². The van der Waals surface area contributed by atoms with E-state index in [9.17, 15) is 4.79 Å². The van der Waals surface area contributed by atoms with Gasteiger partial charge in [-0.05, 0) is 43.9 Å². The van der Waals surface area contributed by atoms with Crippen LogP contribution >= 0.6 is 0 Å². The molecule has 1 atom stereocenters. The highest BCUT2D eigenvalue weighted by Crippen LogP contribution is 2.22. The number of nitrogen functional groups attached to an aromatic ring is 1. The van der Waals surface area contributed by atoms with E-state index >= 15 is 0 Å². The Morgan fingerprint density at radius 2 is 2.29 bits per heavy atom. The molecule has 0 saturated carbocycles. The van der Waals surface area contributed by atoms with Crippen LogP contribution in [0.15, 0.2) is 18.2 Å². The molecule has 1 aromatic carbocycles. The quantitative estimate of drug-likeness (QED) is 0.770. The normalized spacial score (nSPS) is 19.9. The van der Waals surface area contributed by atoms with E-state index in [1.54, 1.807) is 0 Å². The molecule has 1 saturated heterocycles. The van der Waals surface area contributed by atoms with E-state index in [1.807, 2.05) is 25.1 Å². The monoisotopic (exact) mass is 234 g/mol. The zero-order chi connectivity index (χ0) is 12.3. The number of nitrogens with one attached hydrogen (secondary N) is 1. The minimum atomic E-state index is -0.315. The summed E-state index contributed by atoms with van der Waals surface area (Å²) in [7, 11) is 0. The summed E-state index contributed by atoms with van der Waals surface area (Å²) in [6, 6.07) is 5.51. The lowest BCUT2D eigenvalue weighted by atomic mass is 10.1. The van der Waals surface area contributed by atoms with Gasteiger partial charge in [-0.2, -0.15) is 0 Å². The molecule has 3 N–H and O–H groups in total. The molecule has 0 radical (unpaired) electrons. The largest absolute Gasteiger partial charge is 0.398 e. The molecule has 1 unspecified atom stereocenters. The molecule has 1 aliphatic heterocycles. The highest BCUT2D eigenvalue weighted by Gasteiger charge is 2.22. The Kier molecular flexibility index (Phi) is 3.64. The van der Waals surface area contributed by atoms with Crippen molar-refractivity contribution < 1.29 is 9.53 Å². The Morgan fingerprint density at radius 1 is 1.47 bits per heavy atom.